The van der Waals surface area contributed by atoms with E-state index in [-0.39, 0.29) is 22.8 Å². The van der Waals surface area contributed by atoms with Crippen molar-refractivity contribution in [2.24, 2.45) is 10.2 Å². The van der Waals surface area contributed by atoms with Crippen molar-refractivity contribution in [1.29, 1.82) is 10.5 Å². The Morgan fingerprint density at radius 3 is 1.50 bits per heavy atom. The van der Waals surface area contributed by atoms with Gasteiger partial charge in [-0.1, -0.05) is 65.7 Å². The van der Waals surface area contributed by atoms with Crippen LogP contribution in [-0.4, -0.2) is 28.2 Å². The van der Waals surface area contributed by atoms with Gasteiger partial charge in [0.05, 0.1) is 10.0 Å². The average Bonchev–Trinajstić information content (AvgIpc) is 2.86. The summed E-state index contributed by atoms with van der Waals surface area (Å²) >= 11 is 12.1. The molecule has 2 N–H and O–H groups in total. The van der Waals surface area contributed by atoms with Crippen LogP contribution in [0.4, 0.5) is 0 Å². The third kappa shape index (κ3) is 5.81. The Morgan fingerprint density at radius 1 is 0.706 bits per heavy atom. The maximum atomic E-state index is 12.5. The normalized spacial score (nSPS) is 11.2. The number of rotatable bonds is 6. The Labute approximate surface area is 204 Å². The van der Waals surface area contributed by atoms with E-state index in [9.17, 15) is 20.1 Å². The molecule has 0 saturated heterocycles. The number of nitriles is 2. The predicted octanol–water partition coefficient (Wildman–Crippen LogP) is 3.70. The van der Waals surface area contributed by atoms with Crippen LogP contribution < -0.4 is 10.9 Å². The SMILES string of the molecule is N#C/C(=N/NC(=O)c1cccc(C(=O)N/N=C(/C#N)c2ccccc2Cl)n1)c1ccccc1Cl. The molecular formula is C23H13Cl2N7O2. The fraction of sp³-hybridized carbons (Fsp3) is 0. The molecule has 1 heterocycles. The third-order valence-electron chi connectivity index (χ3n) is 4.22. The molecule has 2 amide bonds. The molecule has 0 spiro atoms. The minimum absolute atomic E-state index is 0.106. The molecule has 0 aliphatic rings. The summed E-state index contributed by atoms with van der Waals surface area (Å²) in [6.45, 7) is 0. The lowest BCUT2D eigenvalue weighted by Crippen LogP contribution is -2.24. The third-order valence-corrected chi connectivity index (χ3v) is 4.88. The van der Waals surface area contributed by atoms with Gasteiger partial charge in [0.1, 0.15) is 23.5 Å². The van der Waals surface area contributed by atoms with Crippen LogP contribution in [0, 0.1) is 22.7 Å². The maximum Gasteiger partial charge on any atom is 0.290 e. The van der Waals surface area contributed by atoms with Gasteiger partial charge in [0.15, 0.2) is 11.4 Å². The number of hydrazone groups is 2. The molecular weight excluding hydrogens is 477 g/mol. The fourth-order valence-corrected chi connectivity index (χ4v) is 3.06. The zero-order valence-corrected chi connectivity index (χ0v) is 18.7. The predicted molar refractivity (Wildman–Crippen MR) is 126 cm³/mol. The van der Waals surface area contributed by atoms with Crippen molar-refractivity contribution in [3.05, 3.63) is 99.3 Å². The molecule has 0 fully saturated rings. The second-order valence-electron chi connectivity index (χ2n) is 6.39. The van der Waals surface area contributed by atoms with Crippen LogP contribution in [0.1, 0.15) is 32.1 Å². The molecule has 1 aromatic heterocycles. The summed E-state index contributed by atoms with van der Waals surface area (Å²) in [5.41, 5.74) is 4.64. The number of benzene rings is 2. The molecule has 9 nitrogen and oxygen atoms in total. The van der Waals surface area contributed by atoms with E-state index in [2.05, 4.69) is 26.0 Å². The van der Waals surface area contributed by atoms with Crippen molar-refractivity contribution in [3.8, 4) is 12.1 Å². The maximum absolute atomic E-state index is 12.5. The van der Waals surface area contributed by atoms with Gasteiger partial charge in [0.25, 0.3) is 11.8 Å². The number of nitrogens with one attached hydrogen (secondary N) is 2. The van der Waals surface area contributed by atoms with E-state index >= 15 is 0 Å². The van der Waals surface area contributed by atoms with E-state index in [1.807, 2.05) is 12.1 Å². The van der Waals surface area contributed by atoms with Gasteiger partial charge in [-0.15, -0.1) is 0 Å². The highest BCUT2D eigenvalue weighted by atomic mass is 35.5. The molecule has 0 bridgehead atoms. The summed E-state index contributed by atoms with van der Waals surface area (Å²) < 4.78 is 0. The number of carbonyl (C=O) groups is 2. The molecule has 11 heteroatoms. The molecule has 3 rings (SSSR count). The topological polar surface area (TPSA) is 143 Å². The number of aromatic nitrogens is 1. The molecule has 34 heavy (non-hydrogen) atoms. The first kappa shape index (κ1) is 24.1. The summed E-state index contributed by atoms with van der Waals surface area (Å²) in [5, 5.41) is 26.8. The van der Waals surface area contributed by atoms with Crippen LogP contribution in [0.5, 0.6) is 0 Å². The molecule has 3 aromatic rings. The number of amides is 2. The Morgan fingerprint density at radius 2 is 1.12 bits per heavy atom. The van der Waals surface area contributed by atoms with Crippen molar-refractivity contribution >= 4 is 46.4 Å². The summed E-state index contributed by atoms with van der Waals surface area (Å²) in [7, 11) is 0. The lowest BCUT2D eigenvalue weighted by molar-refractivity contribution is 0.0945. The van der Waals surface area contributed by atoms with Crippen LogP contribution in [-0.2, 0) is 0 Å². The van der Waals surface area contributed by atoms with Crippen LogP contribution in [0.3, 0.4) is 0 Å². The number of pyridine rings is 1. The van der Waals surface area contributed by atoms with Gasteiger partial charge in [0, 0.05) is 11.1 Å². The van der Waals surface area contributed by atoms with E-state index in [0.29, 0.717) is 21.2 Å². The van der Waals surface area contributed by atoms with E-state index in [4.69, 9.17) is 23.2 Å². The molecule has 0 saturated carbocycles. The molecule has 2 aromatic carbocycles. The minimum atomic E-state index is -0.758. The first-order valence-electron chi connectivity index (χ1n) is 9.47. The Bertz CT molecular complexity index is 1300. The van der Waals surface area contributed by atoms with Crippen molar-refractivity contribution < 1.29 is 9.59 Å². The van der Waals surface area contributed by atoms with E-state index in [0.717, 1.165) is 0 Å². The van der Waals surface area contributed by atoms with Crippen LogP contribution in [0.25, 0.3) is 0 Å². The van der Waals surface area contributed by atoms with Crippen LogP contribution >= 0.6 is 23.2 Å². The van der Waals surface area contributed by atoms with Crippen molar-refractivity contribution in [2.75, 3.05) is 0 Å². The quantitative estimate of drug-likeness (QED) is 0.400. The molecule has 0 radical (unpaired) electrons. The van der Waals surface area contributed by atoms with Crippen molar-refractivity contribution in [3.63, 3.8) is 0 Å². The first-order chi connectivity index (χ1) is 16.4. The Balaban J connectivity index is 1.75. The largest absolute Gasteiger partial charge is 0.290 e. The Hall–Kier alpha value is -4.57. The summed E-state index contributed by atoms with van der Waals surface area (Å²) in [6, 6.07) is 20.9. The number of hydrogen-bond donors (Lipinski definition) is 2. The highest BCUT2D eigenvalue weighted by Crippen LogP contribution is 2.16. The monoisotopic (exact) mass is 489 g/mol. The molecule has 0 aliphatic carbocycles. The van der Waals surface area contributed by atoms with Crippen LogP contribution in [0.2, 0.25) is 10.0 Å². The van der Waals surface area contributed by atoms with E-state index < -0.39 is 11.8 Å². The first-order valence-corrected chi connectivity index (χ1v) is 10.2. The number of halogens is 2. The second-order valence-corrected chi connectivity index (χ2v) is 7.21. The molecule has 0 aliphatic heterocycles. The number of nitrogens with zero attached hydrogens (tertiary/aromatic N) is 5. The highest BCUT2D eigenvalue weighted by molar-refractivity contribution is 6.36. The zero-order chi connectivity index (χ0) is 24.5. The van der Waals surface area contributed by atoms with E-state index in [1.54, 1.807) is 48.5 Å². The highest BCUT2D eigenvalue weighted by Gasteiger charge is 2.14. The number of carbonyl (C=O) groups excluding carboxylic acids is 2. The number of hydrogen-bond acceptors (Lipinski definition) is 7. The molecule has 166 valence electrons. The van der Waals surface area contributed by atoms with Crippen molar-refractivity contribution in [2.45, 2.75) is 0 Å². The lowest BCUT2D eigenvalue weighted by Gasteiger charge is -2.05. The summed E-state index contributed by atoms with van der Waals surface area (Å²) in [6.07, 6.45) is 0. The van der Waals surface area contributed by atoms with Gasteiger partial charge in [-0.2, -0.15) is 20.7 Å². The zero-order valence-electron chi connectivity index (χ0n) is 17.2. The van der Waals surface area contributed by atoms with E-state index in [1.165, 1.54) is 18.2 Å². The molecule has 0 unspecified atom stereocenters. The smallest absolute Gasteiger partial charge is 0.266 e. The van der Waals surface area contributed by atoms with Gasteiger partial charge >= 0.3 is 0 Å². The van der Waals surface area contributed by atoms with Crippen molar-refractivity contribution in [1.82, 2.24) is 15.8 Å². The van der Waals surface area contributed by atoms with Gasteiger partial charge < -0.3 is 0 Å². The summed E-state index contributed by atoms with van der Waals surface area (Å²) in [4.78, 5) is 28.9. The lowest BCUT2D eigenvalue weighted by atomic mass is 10.1. The molecule has 0 atom stereocenters. The fourth-order valence-electron chi connectivity index (χ4n) is 2.61. The minimum Gasteiger partial charge on any atom is -0.266 e. The second kappa shape index (κ2) is 11.3. The van der Waals surface area contributed by atoms with Gasteiger partial charge in [-0.05, 0) is 24.3 Å². The standard InChI is InChI=1S/C23H13Cl2N7O2/c24-16-8-3-1-6-14(16)20(12-26)29-31-22(33)18-10-5-11-19(28-18)23(34)32-30-21(13-27)15-7-2-4-9-17(15)25/h1-11H,(H,31,33)(H,32,34)/b29-20-,30-21-. The van der Waals surface area contributed by atoms with Crippen LogP contribution in [0.15, 0.2) is 76.9 Å². The average molecular weight is 490 g/mol. The van der Waals surface area contributed by atoms with Gasteiger partial charge in [0.2, 0.25) is 0 Å². The van der Waals surface area contributed by atoms with Gasteiger partial charge in [-0.25, -0.2) is 15.8 Å². The summed E-state index contributed by atoms with van der Waals surface area (Å²) in [5.74, 6) is -1.52. The Kier molecular flexibility index (Phi) is 8.03. The van der Waals surface area contributed by atoms with Gasteiger partial charge in [-0.3, -0.25) is 9.59 Å².